The van der Waals surface area contributed by atoms with Crippen LogP contribution in [0.2, 0.25) is 0 Å². The number of carbonyl (C=O) groups excluding carboxylic acids is 1. The topological polar surface area (TPSA) is 58.4 Å². The lowest BCUT2D eigenvalue weighted by Crippen LogP contribution is -2.33. The van der Waals surface area contributed by atoms with E-state index in [1.807, 2.05) is 0 Å². The Hall–Kier alpha value is -0.610. The van der Waals surface area contributed by atoms with E-state index in [4.69, 9.17) is 5.73 Å². The second-order valence-corrected chi connectivity index (χ2v) is 5.73. The van der Waals surface area contributed by atoms with Crippen LogP contribution in [-0.4, -0.2) is 43.0 Å². The molecule has 0 aliphatic heterocycles. The van der Waals surface area contributed by atoms with Gasteiger partial charge in [-0.05, 0) is 51.2 Å². The van der Waals surface area contributed by atoms with E-state index in [9.17, 15) is 4.79 Å². The third-order valence-corrected chi connectivity index (χ3v) is 4.17. The monoisotopic (exact) mass is 269 g/mol. The first-order chi connectivity index (χ1) is 9.15. The molecule has 0 aromatic carbocycles. The van der Waals surface area contributed by atoms with Crippen molar-refractivity contribution in [1.82, 2.24) is 10.2 Å². The van der Waals surface area contributed by atoms with Crippen molar-refractivity contribution in [3.63, 3.8) is 0 Å². The molecule has 0 heterocycles. The Kier molecular flexibility index (Phi) is 8.07. The van der Waals surface area contributed by atoms with Gasteiger partial charge in [-0.15, -0.1) is 0 Å². The van der Waals surface area contributed by atoms with Crippen molar-refractivity contribution in [1.29, 1.82) is 0 Å². The van der Waals surface area contributed by atoms with Crippen LogP contribution in [0.5, 0.6) is 0 Å². The van der Waals surface area contributed by atoms with Gasteiger partial charge in [0.15, 0.2) is 0 Å². The number of amides is 1. The highest BCUT2D eigenvalue weighted by Gasteiger charge is 2.21. The van der Waals surface area contributed by atoms with E-state index >= 15 is 0 Å². The first-order valence-electron chi connectivity index (χ1n) is 7.90. The Labute approximate surface area is 118 Å². The van der Waals surface area contributed by atoms with Crippen LogP contribution < -0.4 is 11.1 Å². The van der Waals surface area contributed by atoms with E-state index in [1.165, 1.54) is 12.8 Å². The Morgan fingerprint density at radius 3 is 2.68 bits per heavy atom. The summed E-state index contributed by atoms with van der Waals surface area (Å²) in [6.07, 6.45) is 6.20. The summed E-state index contributed by atoms with van der Waals surface area (Å²) in [6.45, 7) is 8.40. The molecule has 1 aliphatic carbocycles. The van der Waals surface area contributed by atoms with E-state index < -0.39 is 0 Å². The van der Waals surface area contributed by atoms with Gasteiger partial charge in [-0.2, -0.15) is 0 Å². The Bertz CT molecular complexity index is 254. The average molecular weight is 269 g/mol. The van der Waals surface area contributed by atoms with Gasteiger partial charge in [0, 0.05) is 19.0 Å². The van der Waals surface area contributed by atoms with Crippen molar-refractivity contribution in [3.05, 3.63) is 0 Å². The van der Waals surface area contributed by atoms with Gasteiger partial charge in [0.05, 0.1) is 0 Å². The van der Waals surface area contributed by atoms with Gasteiger partial charge >= 0.3 is 0 Å². The second kappa shape index (κ2) is 9.32. The number of carbonyl (C=O) groups is 1. The summed E-state index contributed by atoms with van der Waals surface area (Å²) < 4.78 is 0. The van der Waals surface area contributed by atoms with Crippen LogP contribution in [0, 0.1) is 5.92 Å². The molecule has 0 aromatic heterocycles. The molecule has 0 saturated heterocycles. The summed E-state index contributed by atoms with van der Waals surface area (Å²) in [6, 6.07) is 0.314. The third kappa shape index (κ3) is 6.92. The lowest BCUT2D eigenvalue weighted by molar-refractivity contribution is -0.122. The molecular weight excluding hydrogens is 238 g/mol. The molecule has 1 amide bonds. The standard InChI is InChI=1S/C15H31N3O/c1-3-18(4-2)10-6-9-17-15(19)12-13-7-5-8-14(16)11-13/h13-14H,3-12,16H2,1-2H3,(H,17,19). The number of hydrogen-bond donors (Lipinski definition) is 2. The summed E-state index contributed by atoms with van der Waals surface area (Å²) in [4.78, 5) is 14.2. The quantitative estimate of drug-likeness (QED) is 0.660. The number of nitrogens with two attached hydrogens (primary N) is 1. The second-order valence-electron chi connectivity index (χ2n) is 5.73. The maximum atomic E-state index is 11.8. The van der Waals surface area contributed by atoms with Gasteiger partial charge in [-0.3, -0.25) is 4.79 Å². The molecule has 0 spiro atoms. The first-order valence-corrected chi connectivity index (χ1v) is 7.90. The molecule has 112 valence electrons. The van der Waals surface area contributed by atoms with Crippen molar-refractivity contribution >= 4 is 5.91 Å². The minimum absolute atomic E-state index is 0.207. The average Bonchev–Trinajstić information content (AvgIpc) is 2.39. The zero-order valence-electron chi connectivity index (χ0n) is 12.7. The zero-order valence-corrected chi connectivity index (χ0v) is 12.7. The molecule has 1 rings (SSSR count). The molecule has 3 N–H and O–H groups in total. The number of hydrogen-bond acceptors (Lipinski definition) is 3. The van der Waals surface area contributed by atoms with Gasteiger partial charge in [0.2, 0.25) is 5.91 Å². The van der Waals surface area contributed by atoms with Crippen LogP contribution in [-0.2, 0) is 4.79 Å². The Morgan fingerprint density at radius 1 is 1.32 bits per heavy atom. The lowest BCUT2D eigenvalue weighted by Gasteiger charge is -2.26. The molecule has 1 aliphatic rings. The lowest BCUT2D eigenvalue weighted by atomic mass is 9.84. The summed E-state index contributed by atoms with van der Waals surface area (Å²) in [5, 5.41) is 3.04. The van der Waals surface area contributed by atoms with Crippen molar-refractivity contribution in [2.24, 2.45) is 11.7 Å². The van der Waals surface area contributed by atoms with Gasteiger partial charge in [0.25, 0.3) is 0 Å². The first kappa shape index (κ1) is 16.4. The summed E-state index contributed by atoms with van der Waals surface area (Å²) in [5.41, 5.74) is 5.95. The van der Waals surface area contributed by atoms with E-state index in [0.717, 1.165) is 45.4 Å². The molecule has 4 heteroatoms. The van der Waals surface area contributed by atoms with E-state index in [1.54, 1.807) is 0 Å². The smallest absolute Gasteiger partial charge is 0.220 e. The van der Waals surface area contributed by atoms with Gasteiger partial charge in [-0.1, -0.05) is 20.3 Å². The van der Waals surface area contributed by atoms with Crippen molar-refractivity contribution < 1.29 is 4.79 Å². The van der Waals surface area contributed by atoms with E-state index in [-0.39, 0.29) is 5.91 Å². The van der Waals surface area contributed by atoms with E-state index in [2.05, 4.69) is 24.1 Å². The zero-order chi connectivity index (χ0) is 14.1. The fourth-order valence-corrected chi connectivity index (χ4v) is 2.92. The van der Waals surface area contributed by atoms with Crippen molar-refractivity contribution in [3.8, 4) is 0 Å². The minimum Gasteiger partial charge on any atom is -0.356 e. The third-order valence-electron chi connectivity index (χ3n) is 4.17. The number of nitrogens with one attached hydrogen (secondary N) is 1. The van der Waals surface area contributed by atoms with Crippen LogP contribution in [0.1, 0.15) is 52.4 Å². The van der Waals surface area contributed by atoms with Crippen LogP contribution in [0.3, 0.4) is 0 Å². The highest BCUT2D eigenvalue weighted by Crippen LogP contribution is 2.25. The van der Waals surface area contributed by atoms with Crippen LogP contribution in [0.4, 0.5) is 0 Å². The fraction of sp³-hybridized carbons (Fsp3) is 0.933. The predicted molar refractivity (Wildman–Crippen MR) is 80.0 cm³/mol. The number of nitrogens with zero attached hydrogens (tertiary/aromatic N) is 1. The number of rotatable bonds is 8. The predicted octanol–water partition coefficient (Wildman–Crippen LogP) is 1.74. The van der Waals surface area contributed by atoms with Crippen LogP contribution in [0.15, 0.2) is 0 Å². The molecule has 1 saturated carbocycles. The highest BCUT2D eigenvalue weighted by atomic mass is 16.1. The molecule has 1 fully saturated rings. The van der Waals surface area contributed by atoms with Gasteiger partial charge < -0.3 is 16.0 Å². The minimum atomic E-state index is 0.207. The summed E-state index contributed by atoms with van der Waals surface area (Å²) in [7, 11) is 0. The Balaban J connectivity index is 2.07. The summed E-state index contributed by atoms with van der Waals surface area (Å²) in [5.74, 6) is 0.713. The maximum absolute atomic E-state index is 11.8. The van der Waals surface area contributed by atoms with Gasteiger partial charge in [-0.25, -0.2) is 0 Å². The largest absolute Gasteiger partial charge is 0.356 e. The van der Waals surface area contributed by atoms with Gasteiger partial charge in [0.1, 0.15) is 0 Å². The molecule has 2 unspecified atom stereocenters. The molecule has 4 nitrogen and oxygen atoms in total. The molecule has 0 bridgehead atoms. The molecule has 0 aromatic rings. The molecule has 19 heavy (non-hydrogen) atoms. The molecule has 0 radical (unpaired) electrons. The summed E-state index contributed by atoms with van der Waals surface area (Å²) >= 11 is 0. The molecular formula is C15H31N3O. The van der Waals surface area contributed by atoms with Crippen LogP contribution in [0.25, 0.3) is 0 Å². The molecule has 2 atom stereocenters. The van der Waals surface area contributed by atoms with Crippen molar-refractivity contribution in [2.75, 3.05) is 26.2 Å². The normalized spacial score (nSPS) is 23.6. The van der Waals surface area contributed by atoms with Crippen molar-refractivity contribution in [2.45, 2.75) is 58.4 Å². The van der Waals surface area contributed by atoms with Crippen LogP contribution >= 0.6 is 0 Å². The fourth-order valence-electron chi connectivity index (χ4n) is 2.92. The van der Waals surface area contributed by atoms with E-state index in [0.29, 0.717) is 18.4 Å². The SMILES string of the molecule is CCN(CC)CCCNC(=O)CC1CCCC(N)C1. The highest BCUT2D eigenvalue weighted by molar-refractivity contribution is 5.76. The maximum Gasteiger partial charge on any atom is 0.220 e. The Morgan fingerprint density at radius 2 is 2.05 bits per heavy atom.